The standard InChI is InChI=1S/C30H34F3N3O4/c1-19(2)28-23(11-14-35(28)12-6-9-20-7-4-3-5-8-20)29(40)34-25-15-21(16-27(38)39)26(17-24(25)30(31,32)33)36-13-10-22(37)18-36/h3-5,7-8,11,14-15,17,19,22,37H,6,9-10,12-13,16,18H2,1-2H3,(H,34,40)(H,38,39)/t22-/m1/s1. The van der Waals surface area contributed by atoms with Crippen LogP contribution in [-0.2, 0) is 30.4 Å². The number of halogens is 3. The number of aliphatic carboxylic acids is 1. The molecule has 10 heteroatoms. The van der Waals surface area contributed by atoms with E-state index in [0.717, 1.165) is 25.0 Å². The van der Waals surface area contributed by atoms with E-state index in [2.05, 4.69) is 5.32 Å². The number of aliphatic hydroxyl groups excluding tert-OH is 1. The highest BCUT2D eigenvalue weighted by molar-refractivity contribution is 6.06. The number of hydrogen-bond donors (Lipinski definition) is 3. The number of aromatic nitrogens is 1. The molecule has 0 radical (unpaired) electrons. The average Bonchev–Trinajstić information content (AvgIpc) is 3.50. The number of nitrogens with one attached hydrogen (secondary N) is 1. The minimum atomic E-state index is -4.80. The molecule has 0 aliphatic carbocycles. The van der Waals surface area contributed by atoms with Crippen LogP contribution in [0.4, 0.5) is 24.5 Å². The fraction of sp³-hybridized carbons (Fsp3) is 0.400. The topological polar surface area (TPSA) is 94.8 Å². The van der Waals surface area contributed by atoms with E-state index in [4.69, 9.17) is 0 Å². The highest BCUT2D eigenvalue weighted by Crippen LogP contribution is 2.40. The van der Waals surface area contributed by atoms with Crippen LogP contribution in [0.1, 0.15) is 65.3 Å². The molecule has 1 saturated heterocycles. The van der Waals surface area contributed by atoms with E-state index in [9.17, 15) is 33.0 Å². The van der Waals surface area contributed by atoms with Gasteiger partial charge in [-0.1, -0.05) is 44.2 Å². The van der Waals surface area contributed by atoms with Crippen molar-refractivity contribution < 1.29 is 33.0 Å². The zero-order chi connectivity index (χ0) is 29.0. The Bertz CT molecular complexity index is 1350. The second-order valence-electron chi connectivity index (χ2n) is 10.5. The summed E-state index contributed by atoms with van der Waals surface area (Å²) in [6.45, 7) is 4.89. The lowest BCUT2D eigenvalue weighted by molar-refractivity contribution is -0.137. The highest BCUT2D eigenvalue weighted by Gasteiger charge is 2.37. The summed E-state index contributed by atoms with van der Waals surface area (Å²) in [4.78, 5) is 26.5. The normalized spacial score (nSPS) is 15.6. The SMILES string of the molecule is CC(C)c1c(C(=O)Nc2cc(CC(=O)O)c(N3CC[C@@H](O)C3)cc2C(F)(F)F)ccn1CCCc1ccccc1. The molecule has 1 fully saturated rings. The molecule has 1 aliphatic heterocycles. The van der Waals surface area contributed by atoms with Crippen LogP contribution in [0.5, 0.6) is 0 Å². The summed E-state index contributed by atoms with van der Waals surface area (Å²) in [5, 5.41) is 21.8. The Hall–Kier alpha value is -3.79. The number of nitrogens with zero attached hydrogens (tertiary/aromatic N) is 2. The number of carbonyl (C=O) groups is 2. The third-order valence-electron chi connectivity index (χ3n) is 7.12. The van der Waals surface area contributed by atoms with Crippen LogP contribution >= 0.6 is 0 Å². The molecule has 0 bridgehead atoms. The van der Waals surface area contributed by atoms with Gasteiger partial charge < -0.3 is 25.0 Å². The van der Waals surface area contributed by atoms with Gasteiger partial charge in [-0.2, -0.15) is 13.2 Å². The number of aryl methyl sites for hydroxylation is 2. The lowest BCUT2D eigenvalue weighted by Gasteiger charge is -2.25. The van der Waals surface area contributed by atoms with Crippen LogP contribution in [0.3, 0.4) is 0 Å². The van der Waals surface area contributed by atoms with E-state index in [1.165, 1.54) is 5.56 Å². The minimum absolute atomic E-state index is 0.0684. The van der Waals surface area contributed by atoms with Crippen LogP contribution in [0.25, 0.3) is 0 Å². The molecule has 0 unspecified atom stereocenters. The Morgan fingerprint density at radius 3 is 2.45 bits per heavy atom. The number of anilines is 2. The Morgan fingerprint density at radius 2 is 1.85 bits per heavy atom. The largest absolute Gasteiger partial charge is 0.481 e. The number of amides is 1. The minimum Gasteiger partial charge on any atom is -0.481 e. The summed E-state index contributed by atoms with van der Waals surface area (Å²) >= 11 is 0. The van der Waals surface area contributed by atoms with E-state index in [1.807, 2.05) is 48.7 Å². The molecule has 2 heterocycles. The molecule has 7 nitrogen and oxygen atoms in total. The molecule has 3 N–H and O–H groups in total. The van der Waals surface area contributed by atoms with Crippen LogP contribution in [0.2, 0.25) is 0 Å². The molecule has 1 amide bonds. The van der Waals surface area contributed by atoms with E-state index in [-0.39, 0.29) is 29.3 Å². The van der Waals surface area contributed by atoms with Gasteiger partial charge >= 0.3 is 12.1 Å². The molecule has 0 spiro atoms. The van der Waals surface area contributed by atoms with Crippen molar-refractivity contribution in [2.75, 3.05) is 23.3 Å². The van der Waals surface area contributed by atoms with Gasteiger partial charge in [0.1, 0.15) is 0 Å². The molecule has 0 saturated carbocycles. The maximum Gasteiger partial charge on any atom is 0.418 e. The van der Waals surface area contributed by atoms with E-state index in [1.54, 1.807) is 17.2 Å². The quantitative estimate of drug-likeness (QED) is 0.297. The number of hydrogen-bond acceptors (Lipinski definition) is 4. The van der Waals surface area contributed by atoms with Crippen molar-refractivity contribution >= 4 is 23.3 Å². The van der Waals surface area contributed by atoms with Gasteiger partial charge in [0.05, 0.1) is 29.3 Å². The summed E-state index contributed by atoms with van der Waals surface area (Å²) in [7, 11) is 0. The Morgan fingerprint density at radius 1 is 1.12 bits per heavy atom. The number of benzene rings is 2. The molecule has 1 atom stereocenters. The lowest BCUT2D eigenvalue weighted by atomic mass is 10.0. The van der Waals surface area contributed by atoms with Crippen molar-refractivity contribution in [1.82, 2.24) is 4.57 Å². The van der Waals surface area contributed by atoms with Gasteiger partial charge in [0, 0.05) is 37.2 Å². The molecular weight excluding hydrogens is 523 g/mol. The van der Waals surface area contributed by atoms with Crippen LogP contribution in [0.15, 0.2) is 54.7 Å². The van der Waals surface area contributed by atoms with Gasteiger partial charge in [0.25, 0.3) is 5.91 Å². The molecule has 214 valence electrons. The molecular formula is C30H34F3N3O4. The maximum absolute atomic E-state index is 14.2. The van der Waals surface area contributed by atoms with Gasteiger partial charge in [-0.3, -0.25) is 9.59 Å². The smallest absolute Gasteiger partial charge is 0.418 e. The fourth-order valence-corrected chi connectivity index (χ4v) is 5.33. The Balaban J connectivity index is 1.63. The Labute approximate surface area is 231 Å². The summed E-state index contributed by atoms with van der Waals surface area (Å²) in [6, 6.07) is 13.6. The molecule has 1 aromatic heterocycles. The number of rotatable bonds is 10. The molecule has 1 aliphatic rings. The fourth-order valence-electron chi connectivity index (χ4n) is 5.33. The van der Waals surface area contributed by atoms with Gasteiger partial charge in [0.15, 0.2) is 0 Å². The van der Waals surface area contributed by atoms with Gasteiger partial charge in [-0.25, -0.2) is 0 Å². The molecule has 2 aromatic carbocycles. The highest BCUT2D eigenvalue weighted by atomic mass is 19.4. The zero-order valence-corrected chi connectivity index (χ0v) is 22.5. The third kappa shape index (κ3) is 6.85. The van der Waals surface area contributed by atoms with Crippen LogP contribution < -0.4 is 10.2 Å². The van der Waals surface area contributed by atoms with E-state index >= 15 is 0 Å². The van der Waals surface area contributed by atoms with E-state index in [0.29, 0.717) is 25.2 Å². The van der Waals surface area contributed by atoms with Crippen molar-refractivity contribution in [3.63, 3.8) is 0 Å². The first-order chi connectivity index (χ1) is 18.9. The predicted octanol–water partition coefficient (Wildman–Crippen LogP) is 5.71. The van der Waals surface area contributed by atoms with Crippen molar-refractivity contribution in [3.8, 4) is 0 Å². The van der Waals surface area contributed by atoms with Crippen molar-refractivity contribution in [2.45, 2.75) is 64.3 Å². The van der Waals surface area contributed by atoms with Crippen LogP contribution in [0, 0.1) is 0 Å². The van der Waals surface area contributed by atoms with E-state index < -0.39 is 41.8 Å². The first kappa shape index (κ1) is 29.2. The first-order valence-electron chi connectivity index (χ1n) is 13.4. The van der Waals surface area contributed by atoms with Crippen molar-refractivity contribution in [3.05, 3.63) is 82.7 Å². The van der Waals surface area contributed by atoms with Crippen molar-refractivity contribution in [1.29, 1.82) is 0 Å². The van der Waals surface area contributed by atoms with Crippen molar-refractivity contribution in [2.24, 2.45) is 0 Å². The number of aliphatic hydroxyl groups is 1. The second-order valence-corrected chi connectivity index (χ2v) is 10.5. The Kier molecular flexibility index (Phi) is 8.88. The first-order valence-corrected chi connectivity index (χ1v) is 13.4. The predicted molar refractivity (Wildman–Crippen MR) is 147 cm³/mol. The molecule has 40 heavy (non-hydrogen) atoms. The number of carboxylic acid groups (broad SMARTS) is 1. The number of alkyl halides is 3. The number of β-amino-alcohol motifs (C(OH)–C–C–N with tert-alkyl or cyclic N) is 1. The molecule has 4 rings (SSSR count). The lowest BCUT2D eigenvalue weighted by Crippen LogP contribution is -2.25. The number of carboxylic acids is 1. The average molecular weight is 558 g/mol. The summed E-state index contributed by atoms with van der Waals surface area (Å²) in [5.41, 5.74) is 0.845. The summed E-state index contributed by atoms with van der Waals surface area (Å²) in [6.07, 6.45) is -2.23. The van der Waals surface area contributed by atoms with Gasteiger partial charge in [-0.15, -0.1) is 0 Å². The summed E-state index contributed by atoms with van der Waals surface area (Å²) in [5.74, 6) is -1.98. The molecule has 3 aromatic rings. The monoisotopic (exact) mass is 557 g/mol. The van der Waals surface area contributed by atoms with Gasteiger partial charge in [0.2, 0.25) is 0 Å². The zero-order valence-electron chi connectivity index (χ0n) is 22.5. The summed E-state index contributed by atoms with van der Waals surface area (Å²) < 4.78 is 44.5. The third-order valence-corrected chi connectivity index (χ3v) is 7.12. The van der Waals surface area contributed by atoms with Crippen LogP contribution in [-0.4, -0.2) is 45.9 Å². The second kappa shape index (κ2) is 12.2. The number of carbonyl (C=O) groups excluding carboxylic acids is 1. The maximum atomic E-state index is 14.2. The van der Waals surface area contributed by atoms with Gasteiger partial charge in [-0.05, 0) is 54.5 Å².